The first kappa shape index (κ1) is 7.59. The molecule has 5 heteroatoms. The second-order valence-corrected chi connectivity index (χ2v) is 2.44. The third-order valence-corrected chi connectivity index (χ3v) is 1.38. The van der Waals surface area contributed by atoms with Crippen molar-refractivity contribution in [3.63, 3.8) is 0 Å². The lowest BCUT2D eigenvalue weighted by Gasteiger charge is -2.32. The highest BCUT2D eigenvalue weighted by Gasteiger charge is 2.30. The van der Waals surface area contributed by atoms with Gasteiger partial charge in [0.25, 0.3) is 0 Å². The van der Waals surface area contributed by atoms with Crippen LogP contribution in [0.15, 0.2) is 12.7 Å². The summed E-state index contributed by atoms with van der Waals surface area (Å²) < 4.78 is 0. The zero-order valence-electron chi connectivity index (χ0n) is 6.10. The maximum absolute atomic E-state index is 10.7. The molecule has 0 unspecified atom stereocenters. The molecule has 60 valence electrons. The fourth-order valence-electron chi connectivity index (χ4n) is 0.771. The molecule has 1 aliphatic heterocycles. The van der Waals surface area contributed by atoms with Gasteiger partial charge in [-0.15, -0.1) is 0 Å². The summed E-state index contributed by atoms with van der Waals surface area (Å²) in [6, 6.07) is -1.03. The van der Waals surface area contributed by atoms with Crippen molar-refractivity contribution in [2.24, 2.45) is 0 Å². The quantitative estimate of drug-likeness (QED) is 0.463. The minimum atomic E-state index is -0.834. The molecule has 5 nitrogen and oxygen atoms in total. The van der Waals surface area contributed by atoms with Crippen LogP contribution in [0.25, 0.3) is 0 Å². The highest BCUT2D eigenvalue weighted by Crippen LogP contribution is 2.02. The number of hydrogen-bond acceptors (Lipinski definition) is 2. The predicted octanol–water partition coefficient (Wildman–Crippen LogP) is -0.0890. The van der Waals surface area contributed by atoms with E-state index in [-0.39, 0.29) is 0 Å². The summed E-state index contributed by atoms with van der Waals surface area (Å²) in [6.07, 6.45) is 1.45. The number of rotatable bonds is 1. The highest BCUT2D eigenvalue weighted by atomic mass is 16.2. The van der Waals surface area contributed by atoms with Gasteiger partial charge in [-0.1, -0.05) is 6.58 Å². The van der Waals surface area contributed by atoms with Crippen LogP contribution in [0.2, 0.25) is 0 Å². The Morgan fingerprint density at radius 3 is 2.18 bits per heavy atom. The van der Waals surface area contributed by atoms with E-state index in [2.05, 4.69) is 17.2 Å². The molecule has 0 aromatic rings. The molecular weight excluding hydrogens is 146 g/mol. The summed E-state index contributed by atoms with van der Waals surface area (Å²) in [5.41, 5.74) is -0.834. The van der Waals surface area contributed by atoms with E-state index in [1.807, 2.05) is 5.32 Å². The Bertz CT molecular complexity index is 208. The van der Waals surface area contributed by atoms with Gasteiger partial charge in [0.2, 0.25) is 0 Å². The predicted molar refractivity (Wildman–Crippen MR) is 38.8 cm³/mol. The second-order valence-electron chi connectivity index (χ2n) is 2.44. The van der Waals surface area contributed by atoms with E-state index in [0.717, 1.165) is 0 Å². The molecule has 1 aliphatic rings. The first-order valence-corrected chi connectivity index (χ1v) is 3.11. The monoisotopic (exact) mass is 155 g/mol. The third-order valence-electron chi connectivity index (χ3n) is 1.38. The van der Waals surface area contributed by atoms with E-state index in [9.17, 15) is 9.59 Å². The lowest BCUT2D eigenvalue weighted by atomic mass is 10.2. The van der Waals surface area contributed by atoms with E-state index in [1.54, 1.807) is 6.92 Å². The lowest BCUT2D eigenvalue weighted by molar-refractivity contribution is 0.200. The largest absolute Gasteiger partial charge is 0.324 e. The first-order chi connectivity index (χ1) is 5.06. The van der Waals surface area contributed by atoms with Gasteiger partial charge in [-0.3, -0.25) is 5.32 Å². The number of carbonyl (C=O) groups excluding carboxylic acids is 2. The van der Waals surface area contributed by atoms with Crippen LogP contribution in [0.4, 0.5) is 9.59 Å². The van der Waals surface area contributed by atoms with Crippen molar-refractivity contribution in [1.29, 1.82) is 0 Å². The van der Waals surface area contributed by atoms with Crippen molar-refractivity contribution >= 4 is 12.1 Å². The molecular formula is C6H9N3O2. The zero-order chi connectivity index (χ0) is 8.48. The average molecular weight is 155 g/mol. The smallest absolute Gasteiger partial charge is 0.312 e. The number of carbonyl (C=O) groups is 2. The molecule has 0 radical (unpaired) electrons. The molecule has 0 aromatic heterocycles. The van der Waals surface area contributed by atoms with E-state index in [0.29, 0.717) is 0 Å². The number of amides is 4. The van der Waals surface area contributed by atoms with Crippen LogP contribution in [0, 0.1) is 0 Å². The van der Waals surface area contributed by atoms with Crippen molar-refractivity contribution in [2.45, 2.75) is 12.6 Å². The Kier molecular flexibility index (Phi) is 1.56. The van der Waals surface area contributed by atoms with Crippen molar-refractivity contribution in [3.8, 4) is 0 Å². The molecule has 4 amide bonds. The van der Waals surface area contributed by atoms with Crippen LogP contribution in [-0.2, 0) is 0 Å². The van der Waals surface area contributed by atoms with Crippen LogP contribution in [0.3, 0.4) is 0 Å². The molecule has 0 saturated carbocycles. The minimum Gasteiger partial charge on any atom is -0.312 e. The van der Waals surface area contributed by atoms with Gasteiger partial charge in [0.05, 0.1) is 0 Å². The van der Waals surface area contributed by atoms with Crippen molar-refractivity contribution in [3.05, 3.63) is 12.7 Å². The van der Waals surface area contributed by atoms with E-state index in [1.165, 1.54) is 6.08 Å². The Hall–Kier alpha value is -1.52. The van der Waals surface area contributed by atoms with Crippen molar-refractivity contribution in [2.75, 3.05) is 0 Å². The first-order valence-electron chi connectivity index (χ1n) is 3.11. The number of hydrogen-bond donors (Lipinski definition) is 3. The molecule has 1 heterocycles. The fraction of sp³-hybridized carbons (Fsp3) is 0.333. The maximum atomic E-state index is 10.7. The topological polar surface area (TPSA) is 70.2 Å². The van der Waals surface area contributed by atoms with Gasteiger partial charge in [0, 0.05) is 0 Å². The van der Waals surface area contributed by atoms with E-state index < -0.39 is 17.7 Å². The molecule has 1 rings (SSSR count). The van der Waals surface area contributed by atoms with Gasteiger partial charge in [0.15, 0.2) is 0 Å². The summed E-state index contributed by atoms with van der Waals surface area (Å²) >= 11 is 0. The maximum Gasteiger partial charge on any atom is 0.324 e. The molecule has 1 fully saturated rings. The standard InChI is InChI=1S/C6H9N3O2/c1-3-6(2)8-4(10)7-5(11)9-6/h3H,1H2,2H3,(H3,7,8,9,10,11). The Balaban J connectivity index is 2.78. The molecule has 3 N–H and O–H groups in total. The molecule has 11 heavy (non-hydrogen) atoms. The number of urea groups is 2. The van der Waals surface area contributed by atoms with Gasteiger partial charge >= 0.3 is 12.1 Å². The van der Waals surface area contributed by atoms with Gasteiger partial charge in [-0.05, 0) is 13.0 Å². The van der Waals surface area contributed by atoms with Gasteiger partial charge in [0.1, 0.15) is 5.66 Å². The van der Waals surface area contributed by atoms with Crippen LogP contribution < -0.4 is 16.0 Å². The molecule has 0 aromatic carbocycles. The summed E-state index contributed by atoms with van der Waals surface area (Å²) in [4.78, 5) is 21.4. The Labute approximate surface area is 63.8 Å². The number of nitrogens with one attached hydrogen (secondary N) is 3. The van der Waals surface area contributed by atoms with Crippen LogP contribution in [0.5, 0.6) is 0 Å². The Morgan fingerprint density at radius 1 is 1.36 bits per heavy atom. The Morgan fingerprint density at radius 2 is 1.82 bits per heavy atom. The number of imide groups is 1. The van der Waals surface area contributed by atoms with Crippen LogP contribution >= 0.6 is 0 Å². The van der Waals surface area contributed by atoms with Crippen LogP contribution in [-0.4, -0.2) is 17.7 Å². The van der Waals surface area contributed by atoms with Gasteiger partial charge in [-0.25, -0.2) is 9.59 Å². The van der Waals surface area contributed by atoms with Crippen LogP contribution in [0.1, 0.15) is 6.92 Å². The lowest BCUT2D eigenvalue weighted by Crippen LogP contribution is -2.67. The van der Waals surface area contributed by atoms with Gasteiger partial charge < -0.3 is 10.6 Å². The normalized spacial score (nSPS) is 21.2. The molecule has 0 aliphatic carbocycles. The summed E-state index contributed by atoms with van der Waals surface area (Å²) in [6.45, 7) is 5.10. The average Bonchev–Trinajstić information content (AvgIpc) is 1.84. The van der Waals surface area contributed by atoms with E-state index >= 15 is 0 Å². The van der Waals surface area contributed by atoms with E-state index in [4.69, 9.17) is 0 Å². The minimum absolute atomic E-state index is 0.517. The summed E-state index contributed by atoms with van der Waals surface area (Å²) in [7, 11) is 0. The molecule has 0 bridgehead atoms. The van der Waals surface area contributed by atoms with Gasteiger partial charge in [-0.2, -0.15) is 0 Å². The highest BCUT2D eigenvalue weighted by molar-refractivity contribution is 5.96. The summed E-state index contributed by atoms with van der Waals surface area (Å²) in [5, 5.41) is 6.97. The molecule has 0 atom stereocenters. The van der Waals surface area contributed by atoms with Crippen molar-refractivity contribution < 1.29 is 9.59 Å². The molecule has 1 saturated heterocycles. The fourth-order valence-corrected chi connectivity index (χ4v) is 0.771. The molecule has 0 spiro atoms. The zero-order valence-corrected chi connectivity index (χ0v) is 6.10. The summed E-state index contributed by atoms with van der Waals surface area (Å²) in [5.74, 6) is 0. The SMILES string of the molecule is C=CC1(C)NC(=O)NC(=O)N1. The third kappa shape index (κ3) is 1.49. The van der Waals surface area contributed by atoms with Crippen molar-refractivity contribution in [1.82, 2.24) is 16.0 Å². The second kappa shape index (κ2) is 2.26.